The van der Waals surface area contributed by atoms with Crippen molar-refractivity contribution in [3.63, 3.8) is 0 Å². The second-order valence-electron chi connectivity index (χ2n) is 7.89. The van der Waals surface area contributed by atoms with Gasteiger partial charge < -0.3 is 24.6 Å². The summed E-state index contributed by atoms with van der Waals surface area (Å²) in [7, 11) is 3.83. The van der Waals surface area contributed by atoms with Gasteiger partial charge in [0.1, 0.15) is 17.8 Å². The minimum absolute atomic E-state index is 0.00931. The predicted molar refractivity (Wildman–Crippen MR) is 93.6 cm³/mol. The molecule has 9 heteroatoms. The summed E-state index contributed by atoms with van der Waals surface area (Å²) in [6, 6.07) is 0.0275. The third-order valence-corrected chi connectivity index (χ3v) is 5.98. The number of hydrogen-bond acceptors (Lipinski definition) is 6. The van der Waals surface area contributed by atoms with Crippen LogP contribution < -0.4 is 5.32 Å². The number of nitrogens with one attached hydrogen (secondary N) is 1. The summed E-state index contributed by atoms with van der Waals surface area (Å²) in [4.78, 5) is 16.8. The van der Waals surface area contributed by atoms with E-state index in [0.29, 0.717) is 25.2 Å². The summed E-state index contributed by atoms with van der Waals surface area (Å²) < 4.78 is 12.6. The molecule has 0 aliphatic carbocycles. The van der Waals surface area contributed by atoms with Crippen LogP contribution in [0, 0.1) is 5.41 Å². The molecule has 3 aliphatic heterocycles. The van der Waals surface area contributed by atoms with Gasteiger partial charge in [-0.2, -0.15) is 0 Å². The van der Waals surface area contributed by atoms with Gasteiger partial charge in [0.05, 0.1) is 26.0 Å². The zero-order chi connectivity index (χ0) is 18.1. The van der Waals surface area contributed by atoms with E-state index in [1.807, 2.05) is 11.1 Å². The van der Waals surface area contributed by atoms with E-state index in [1.54, 1.807) is 11.8 Å². The minimum atomic E-state index is -0.00975. The second kappa shape index (κ2) is 7.13. The number of amides is 2. The predicted octanol–water partition coefficient (Wildman–Crippen LogP) is 0.102. The quantitative estimate of drug-likeness (QED) is 0.816. The Balaban J connectivity index is 1.29. The van der Waals surface area contributed by atoms with E-state index in [1.165, 1.54) is 6.42 Å². The van der Waals surface area contributed by atoms with E-state index in [-0.39, 0.29) is 18.2 Å². The van der Waals surface area contributed by atoms with Crippen LogP contribution in [0.2, 0.25) is 0 Å². The van der Waals surface area contributed by atoms with Gasteiger partial charge in [0.25, 0.3) is 0 Å². The fourth-order valence-corrected chi connectivity index (χ4v) is 4.43. The highest BCUT2D eigenvalue weighted by Gasteiger charge is 2.43. The average Bonchev–Trinajstić information content (AvgIpc) is 3.40. The Morgan fingerprint density at radius 3 is 3.00 bits per heavy atom. The van der Waals surface area contributed by atoms with E-state index in [0.717, 1.165) is 38.3 Å². The number of methoxy groups -OCH3 is 1. The van der Waals surface area contributed by atoms with Crippen LogP contribution in [-0.2, 0) is 16.0 Å². The number of hydrogen-bond donors (Lipinski definition) is 1. The van der Waals surface area contributed by atoms with E-state index < -0.39 is 0 Å². The van der Waals surface area contributed by atoms with Crippen molar-refractivity contribution in [3.8, 4) is 0 Å². The van der Waals surface area contributed by atoms with E-state index >= 15 is 0 Å². The minimum Gasteiger partial charge on any atom is -0.377 e. The molecule has 0 aromatic carbocycles. The Labute approximate surface area is 153 Å². The van der Waals surface area contributed by atoms with Gasteiger partial charge in [-0.05, 0) is 26.4 Å². The summed E-state index contributed by atoms with van der Waals surface area (Å²) >= 11 is 0. The number of aromatic nitrogens is 3. The van der Waals surface area contributed by atoms with Gasteiger partial charge in [0, 0.05) is 32.2 Å². The van der Waals surface area contributed by atoms with Crippen molar-refractivity contribution in [1.29, 1.82) is 0 Å². The molecule has 0 saturated carbocycles. The van der Waals surface area contributed by atoms with Gasteiger partial charge in [-0.3, -0.25) is 0 Å². The first-order valence-electron chi connectivity index (χ1n) is 9.31. The molecule has 1 N–H and O–H groups in total. The van der Waals surface area contributed by atoms with Crippen LogP contribution in [0.3, 0.4) is 0 Å². The molecule has 1 unspecified atom stereocenters. The number of nitrogens with zero attached hydrogens (tertiary/aromatic N) is 5. The smallest absolute Gasteiger partial charge is 0.317 e. The van der Waals surface area contributed by atoms with Crippen LogP contribution in [0.25, 0.3) is 0 Å². The molecule has 26 heavy (non-hydrogen) atoms. The number of likely N-dealkylation sites (tertiary alicyclic amines) is 2. The molecule has 4 heterocycles. The lowest BCUT2D eigenvalue weighted by Crippen LogP contribution is -2.40. The van der Waals surface area contributed by atoms with Crippen LogP contribution in [-0.4, -0.2) is 90.5 Å². The molecule has 1 aromatic heterocycles. The molecule has 3 saturated heterocycles. The van der Waals surface area contributed by atoms with Gasteiger partial charge in [-0.1, -0.05) is 5.21 Å². The van der Waals surface area contributed by atoms with Gasteiger partial charge in [-0.15, -0.1) is 5.10 Å². The zero-order valence-corrected chi connectivity index (χ0v) is 15.6. The highest BCUT2D eigenvalue weighted by Crippen LogP contribution is 2.38. The number of carbonyl (C=O) groups excluding carboxylic acids is 1. The number of ether oxygens (including phenoxy) is 2. The topological polar surface area (TPSA) is 84.8 Å². The molecule has 0 bridgehead atoms. The molecule has 0 radical (unpaired) electrons. The molecule has 1 spiro atoms. The summed E-state index contributed by atoms with van der Waals surface area (Å²) in [5, 5.41) is 11.3. The molecule has 3 aliphatic rings. The Hall–Kier alpha value is -1.71. The van der Waals surface area contributed by atoms with Gasteiger partial charge in [0.15, 0.2) is 0 Å². The highest BCUT2D eigenvalue weighted by molar-refractivity contribution is 5.74. The second-order valence-corrected chi connectivity index (χ2v) is 7.89. The summed E-state index contributed by atoms with van der Waals surface area (Å²) in [5.74, 6) is 0. The fraction of sp³-hybridized carbons (Fsp3) is 0.824. The molecule has 144 valence electrons. The maximum absolute atomic E-state index is 12.5. The molecule has 3 fully saturated rings. The molecular formula is C17H28N6O3. The lowest BCUT2D eigenvalue weighted by Gasteiger charge is -2.23. The fourth-order valence-electron chi connectivity index (χ4n) is 4.43. The SMILES string of the molecule is CO[C@@H]1COC[C@H]1n1cc(CNC(=O)N2CCC3(CCN(C)C3)C2)nn1. The standard InChI is InChI=1S/C17H28N6O3/c1-21-5-3-17(11-21)4-6-22(12-17)16(24)18-7-13-8-23(20-19-13)14-9-26-10-15(14)25-2/h8,14-15H,3-7,9-12H2,1-2H3,(H,18,24)/t14-,15-,17?/m1/s1. The van der Waals surface area contributed by atoms with Crippen LogP contribution >= 0.6 is 0 Å². The van der Waals surface area contributed by atoms with E-state index in [2.05, 4.69) is 27.6 Å². The van der Waals surface area contributed by atoms with Gasteiger partial charge >= 0.3 is 6.03 Å². The number of rotatable bonds is 4. The molecule has 3 atom stereocenters. The van der Waals surface area contributed by atoms with Gasteiger partial charge in [-0.25, -0.2) is 9.48 Å². The van der Waals surface area contributed by atoms with Gasteiger partial charge in [0.2, 0.25) is 0 Å². The van der Waals surface area contributed by atoms with Crippen molar-refractivity contribution < 1.29 is 14.3 Å². The monoisotopic (exact) mass is 364 g/mol. The first kappa shape index (κ1) is 17.7. The highest BCUT2D eigenvalue weighted by atomic mass is 16.5. The molecule has 9 nitrogen and oxygen atoms in total. The summed E-state index contributed by atoms with van der Waals surface area (Å²) in [6.07, 6.45) is 4.14. The summed E-state index contributed by atoms with van der Waals surface area (Å²) in [6.45, 7) is 5.43. The Kier molecular flexibility index (Phi) is 4.85. The largest absolute Gasteiger partial charge is 0.377 e. The third kappa shape index (κ3) is 3.43. The van der Waals surface area contributed by atoms with Crippen LogP contribution in [0.1, 0.15) is 24.6 Å². The lowest BCUT2D eigenvalue weighted by atomic mass is 9.86. The van der Waals surface area contributed by atoms with Crippen molar-refractivity contribution >= 4 is 6.03 Å². The van der Waals surface area contributed by atoms with Crippen LogP contribution in [0.5, 0.6) is 0 Å². The van der Waals surface area contributed by atoms with Crippen molar-refractivity contribution in [2.24, 2.45) is 5.41 Å². The normalized spacial score (nSPS) is 32.0. The van der Waals surface area contributed by atoms with Crippen molar-refractivity contribution in [3.05, 3.63) is 11.9 Å². The average molecular weight is 364 g/mol. The van der Waals surface area contributed by atoms with E-state index in [9.17, 15) is 4.79 Å². The van der Waals surface area contributed by atoms with Crippen molar-refractivity contribution in [2.45, 2.75) is 31.5 Å². The van der Waals surface area contributed by atoms with Crippen LogP contribution in [0.4, 0.5) is 4.79 Å². The molecule has 4 rings (SSSR count). The van der Waals surface area contributed by atoms with Crippen LogP contribution in [0.15, 0.2) is 6.20 Å². The first-order valence-corrected chi connectivity index (χ1v) is 9.31. The van der Waals surface area contributed by atoms with Crippen molar-refractivity contribution in [2.75, 3.05) is 53.6 Å². The zero-order valence-electron chi connectivity index (χ0n) is 15.6. The molecule has 1 aromatic rings. The lowest BCUT2D eigenvalue weighted by molar-refractivity contribution is 0.0661. The Morgan fingerprint density at radius 1 is 1.38 bits per heavy atom. The third-order valence-electron chi connectivity index (χ3n) is 5.98. The summed E-state index contributed by atoms with van der Waals surface area (Å²) in [5.41, 5.74) is 1.04. The molecular weight excluding hydrogens is 336 g/mol. The Morgan fingerprint density at radius 2 is 2.23 bits per heavy atom. The number of urea groups is 1. The van der Waals surface area contributed by atoms with E-state index in [4.69, 9.17) is 9.47 Å². The maximum Gasteiger partial charge on any atom is 0.317 e. The molecule has 2 amide bonds. The maximum atomic E-state index is 12.5. The Bertz CT molecular complexity index is 652. The first-order chi connectivity index (χ1) is 12.6. The van der Waals surface area contributed by atoms with Crippen molar-refractivity contribution in [1.82, 2.24) is 30.1 Å². The number of carbonyl (C=O) groups is 1.